The Hall–Kier alpha value is -0.610. The molecule has 0 radical (unpaired) electrons. The number of aromatic nitrogens is 2. The van der Waals surface area contributed by atoms with E-state index in [0.717, 1.165) is 10.8 Å². The van der Waals surface area contributed by atoms with Crippen LogP contribution < -0.4 is 11.2 Å². The normalized spacial score (nSPS) is 28.8. The summed E-state index contributed by atoms with van der Waals surface area (Å²) in [6, 6.07) is 0. The molecule has 6 atom stereocenters. The molecule has 0 bridgehead atoms. The third-order valence-electron chi connectivity index (χ3n) is 3.62. The minimum absolute atomic E-state index is 0.208. The van der Waals surface area contributed by atoms with E-state index < -0.39 is 64.6 Å². The number of hydrogen-bond donors (Lipinski definition) is 7. The van der Waals surface area contributed by atoms with Gasteiger partial charge in [0.2, 0.25) is 0 Å². The topological polar surface area (TPSA) is 247 Å². The van der Waals surface area contributed by atoms with Gasteiger partial charge in [-0.1, -0.05) is 0 Å². The molecule has 1 aromatic rings. The van der Waals surface area contributed by atoms with Crippen LogP contribution in [-0.4, -0.2) is 64.3 Å². The van der Waals surface area contributed by atoms with Crippen molar-refractivity contribution in [2.75, 3.05) is 6.61 Å². The first-order valence-electron chi connectivity index (χ1n) is 7.61. The number of hydrogen-bond acceptors (Lipinski definition) is 11. The highest BCUT2D eigenvalue weighted by atomic mass is 32.5. The summed E-state index contributed by atoms with van der Waals surface area (Å²) in [6.45, 7) is -5.48. The van der Waals surface area contributed by atoms with Crippen molar-refractivity contribution in [2.45, 2.75) is 24.4 Å². The summed E-state index contributed by atoms with van der Waals surface area (Å²) >= 11 is 4.42. The number of aliphatic hydroxyl groups excluding tert-OH is 2. The molecule has 1 saturated heterocycles. The van der Waals surface area contributed by atoms with Crippen molar-refractivity contribution in [3.05, 3.63) is 32.6 Å². The summed E-state index contributed by atoms with van der Waals surface area (Å²) in [4.78, 5) is 61.3. The second kappa shape index (κ2) is 9.10. The van der Waals surface area contributed by atoms with Crippen LogP contribution in [0.5, 0.6) is 0 Å². The molecule has 30 heavy (non-hydrogen) atoms. The maximum Gasteiger partial charge on any atom is 0.488 e. The summed E-state index contributed by atoms with van der Waals surface area (Å²) in [6.07, 6.45) is -5.12. The van der Waals surface area contributed by atoms with Gasteiger partial charge in [0.1, 0.15) is 24.4 Å². The lowest BCUT2D eigenvalue weighted by Crippen LogP contribution is -2.35. The molecular formula is C10H17N2O14P3S. The fourth-order valence-corrected chi connectivity index (χ4v) is 6.37. The maximum absolute atomic E-state index is 11.9. The van der Waals surface area contributed by atoms with Crippen LogP contribution in [-0.2, 0) is 45.9 Å². The van der Waals surface area contributed by atoms with Gasteiger partial charge in [0, 0.05) is 13.2 Å². The van der Waals surface area contributed by atoms with Crippen LogP contribution >= 0.6 is 22.4 Å². The Morgan fingerprint density at radius 1 is 1.17 bits per heavy atom. The highest BCUT2D eigenvalue weighted by Gasteiger charge is 2.46. The second-order valence-electron chi connectivity index (χ2n) is 5.92. The molecule has 1 aliphatic heterocycles. The van der Waals surface area contributed by atoms with Crippen molar-refractivity contribution in [3.8, 4) is 0 Å². The van der Waals surface area contributed by atoms with Crippen molar-refractivity contribution in [2.24, 2.45) is 7.05 Å². The van der Waals surface area contributed by atoms with Gasteiger partial charge in [-0.05, 0) is 11.8 Å². The Morgan fingerprint density at radius 3 is 2.33 bits per heavy atom. The number of aliphatic hydroxyl groups is 2. The Kier molecular flexibility index (Phi) is 7.78. The Labute approximate surface area is 171 Å². The molecule has 1 fully saturated rings. The standard InChI is InChI=1S/C10H17N2O14P3S/c1-12-2-4(9(15)11-10(12)16)8-7(14)6(13)5(24-8)3-23-29(22,30)26-28(20,21)25-27(17,18)19/h2,5-8,13-14H,3H2,1H3,(H,20,21)(H,22,30)(H,11,15,16)(H2,17,18,19). The summed E-state index contributed by atoms with van der Waals surface area (Å²) in [5.74, 6) is 0. The van der Waals surface area contributed by atoms with E-state index in [-0.39, 0.29) is 5.56 Å². The molecule has 0 saturated carbocycles. The van der Waals surface area contributed by atoms with Crippen molar-refractivity contribution in [1.82, 2.24) is 9.55 Å². The van der Waals surface area contributed by atoms with Crippen molar-refractivity contribution < 1.29 is 56.8 Å². The number of rotatable bonds is 8. The molecule has 0 spiro atoms. The Morgan fingerprint density at radius 2 is 1.77 bits per heavy atom. The van der Waals surface area contributed by atoms with Gasteiger partial charge in [-0.3, -0.25) is 9.78 Å². The van der Waals surface area contributed by atoms with Crippen molar-refractivity contribution in [3.63, 3.8) is 0 Å². The van der Waals surface area contributed by atoms with Crippen LogP contribution in [0, 0.1) is 0 Å². The lowest BCUT2D eigenvalue weighted by molar-refractivity contribution is -0.0197. The molecule has 0 aromatic carbocycles. The zero-order chi connectivity index (χ0) is 23.1. The van der Waals surface area contributed by atoms with E-state index in [1.54, 1.807) is 0 Å². The number of ether oxygens (including phenoxy) is 1. The van der Waals surface area contributed by atoms with E-state index in [1.807, 2.05) is 4.98 Å². The first-order valence-corrected chi connectivity index (χ1v) is 13.2. The van der Waals surface area contributed by atoms with Crippen LogP contribution in [0.4, 0.5) is 0 Å². The quantitative estimate of drug-likeness (QED) is 0.180. The lowest BCUT2D eigenvalue weighted by atomic mass is 10.0. The van der Waals surface area contributed by atoms with Gasteiger partial charge < -0.3 is 43.6 Å². The van der Waals surface area contributed by atoms with E-state index in [0.29, 0.717) is 0 Å². The third-order valence-corrected chi connectivity index (χ3v) is 8.34. The van der Waals surface area contributed by atoms with Gasteiger partial charge in [0.25, 0.3) is 5.56 Å². The van der Waals surface area contributed by atoms with E-state index in [9.17, 15) is 38.7 Å². The van der Waals surface area contributed by atoms with Gasteiger partial charge in [0.15, 0.2) is 0 Å². The molecule has 2 heterocycles. The zero-order valence-electron chi connectivity index (χ0n) is 14.7. The number of nitrogens with zero attached hydrogens (tertiary/aromatic N) is 1. The second-order valence-corrected chi connectivity index (χ2v) is 11.7. The lowest BCUT2D eigenvalue weighted by Gasteiger charge is -2.21. The largest absolute Gasteiger partial charge is 0.488 e. The summed E-state index contributed by atoms with van der Waals surface area (Å²) < 4.78 is 40.6. The molecule has 0 amide bonds. The van der Waals surface area contributed by atoms with Crippen LogP contribution in [0.1, 0.15) is 11.7 Å². The molecule has 6 unspecified atom stereocenters. The van der Waals surface area contributed by atoms with Gasteiger partial charge in [-0.25, -0.2) is 18.2 Å². The van der Waals surface area contributed by atoms with Gasteiger partial charge >= 0.3 is 28.1 Å². The highest BCUT2D eigenvalue weighted by molar-refractivity contribution is 8.08. The molecule has 7 N–H and O–H groups in total. The number of aromatic amines is 1. The smallest absolute Gasteiger partial charge is 0.387 e. The minimum Gasteiger partial charge on any atom is -0.387 e. The molecule has 1 aliphatic rings. The predicted octanol–water partition coefficient (Wildman–Crippen LogP) is -2.31. The third kappa shape index (κ3) is 6.69. The van der Waals surface area contributed by atoms with Crippen LogP contribution in [0.25, 0.3) is 0 Å². The maximum atomic E-state index is 11.9. The molecule has 0 aliphatic carbocycles. The SMILES string of the molecule is Cn1cc(C2OC(COP(O)(=S)OP(=O)(O)OP(=O)(O)O)C(O)C2O)c(=O)[nH]c1=O. The van der Waals surface area contributed by atoms with Crippen molar-refractivity contribution in [1.29, 1.82) is 0 Å². The molecular weight excluding hydrogens is 497 g/mol. The zero-order valence-corrected chi connectivity index (χ0v) is 18.2. The first-order chi connectivity index (χ1) is 13.5. The van der Waals surface area contributed by atoms with Gasteiger partial charge in [0.05, 0.1) is 12.2 Å². The number of phosphoric acid groups is 2. The predicted molar refractivity (Wildman–Crippen MR) is 98.4 cm³/mol. The van der Waals surface area contributed by atoms with E-state index in [4.69, 9.17) is 19.0 Å². The van der Waals surface area contributed by atoms with Crippen LogP contribution in [0.15, 0.2) is 15.8 Å². The highest BCUT2D eigenvalue weighted by Crippen LogP contribution is 2.66. The van der Waals surface area contributed by atoms with Crippen LogP contribution in [0.3, 0.4) is 0 Å². The van der Waals surface area contributed by atoms with Gasteiger partial charge in [-0.2, -0.15) is 4.31 Å². The van der Waals surface area contributed by atoms with E-state index >= 15 is 0 Å². The average molecular weight is 514 g/mol. The fraction of sp³-hybridized carbons (Fsp3) is 0.600. The first kappa shape index (κ1) is 25.6. The summed E-state index contributed by atoms with van der Waals surface area (Å²) in [5, 5.41) is 20.2. The number of aryl methyl sites for hydroxylation is 1. The summed E-state index contributed by atoms with van der Waals surface area (Å²) in [5.41, 5.74) is -1.83. The monoisotopic (exact) mass is 514 g/mol. The number of H-pyrrole nitrogens is 1. The molecule has 1 aromatic heterocycles. The van der Waals surface area contributed by atoms with Crippen LogP contribution in [0.2, 0.25) is 0 Å². The summed E-state index contributed by atoms with van der Waals surface area (Å²) in [7, 11) is -9.69. The Bertz CT molecular complexity index is 1050. The molecule has 16 nitrogen and oxygen atoms in total. The van der Waals surface area contributed by atoms with Crippen molar-refractivity contribution >= 4 is 34.2 Å². The van der Waals surface area contributed by atoms with E-state index in [1.165, 1.54) is 7.05 Å². The number of nitrogens with one attached hydrogen (secondary N) is 1. The van der Waals surface area contributed by atoms with E-state index in [2.05, 4.69) is 20.4 Å². The van der Waals surface area contributed by atoms with Gasteiger partial charge in [-0.15, -0.1) is 0 Å². The molecule has 172 valence electrons. The average Bonchev–Trinajstić information content (AvgIpc) is 2.81. The molecule has 20 heteroatoms. The fourth-order valence-electron chi connectivity index (χ4n) is 2.40. The minimum atomic E-state index is -5.52. The Balaban J connectivity index is 2.09. The molecule has 2 rings (SSSR count).